The van der Waals surface area contributed by atoms with E-state index in [1.165, 1.54) is 42.0 Å². The number of fused-ring (bicyclic) bond motifs is 1. The van der Waals surface area contributed by atoms with E-state index >= 15 is 0 Å². The molecule has 1 aliphatic rings. The Balaban J connectivity index is 0.00000225. The van der Waals surface area contributed by atoms with Crippen LogP contribution < -0.4 is 26.3 Å². The van der Waals surface area contributed by atoms with Crippen molar-refractivity contribution in [2.45, 2.75) is 39.2 Å². The summed E-state index contributed by atoms with van der Waals surface area (Å²) in [5.41, 5.74) is 3.70. The minimum atomic E-state index is 0. The number of hydrogen-bond donors (Lipinski definition) is 0. The number of aromatic nitrogens is 2. The molecule has 0 aliphatic carbocycles. The molecule has 146 valence electrons. The topological polar surface area (TPSA) is 18.0 Å². The van der Waals surface area contributed by atoms with Gasteiger partial charge in [-0.1, -0.05) is 36.4 Å². The maximum absolute atomic E-state index is 5.60. The van der Waals surface area contributed by atoms with Crippen molar-refractivity contribution < 1.29 is 26.3 Å². The number of halogens is 1. The predicted octanol–water partition coefficient (Wildman–Crippen LogP) is 2.06. The standard InChI is InChI=1S/C24H27N2O.BrH/c1-2-27-23-16-14-21(15-17-23)26-19-22(13-12-20-9-5-3-6-10-20)25-18-8-4-7-11-24(25)26;/h3,5-6,9-10,12-17,19H,2,4,7-8,11,18H2,1H3;1H/q+1;/p-1/b13-12+;. The summed E-state index contributed by atoms with van der Waals surface area (Å²) in [7, 11) is 0. The van der Waals surface area contributed by atoms with E-state index in [9.17, 15) is 0 Å². The summed E-state index contributed by atoms with van der Waals surface area (Å²) in [6.45, 7) is 3.80. The van der Waals surface area contributed by atoms with Gasteiger partial charge in [0.15, 0.2) is 5.69 Å². The highest BCUT2D eigenvalue weighted by molar-refractivity contribution is 5.67. The summed E-state index contributed by atoms with van der Waals surface area (Å²) < 4.78 is 10.4. The van der Waals surface area contributed by atoms with Gasteiger partial charge in [0.2, 0.25) is 0 Å². The number of hydrogen-bond acceptors (Lipinski definition) is 1. The van der Waals surface area contributed by atoms with Crippen LogP contribution in [0.5, 0.6) is 5.75 Å². The van der Waals surface area contributed by atoms with Gasteiger partial charge in [0.05, 0.1) is 13.2 Å². The SMILES string of the molecule is CCOc1ccc(-[n+]2cc(/C=C/c3ccccc3)n3c2CCCCC3)cc1.[Br-]. The zero-order chi connectivity index (χ0) is 18.5. The summed E-state index contributed by atoms with van der Waals surface area (Å²) in [5, 5.41) is 0. The van der Waals surface area contributed by atoms with Crippen LogP contribution in [0.2, 0.25) is 0 Å². The second-order valence-electron chi connectivity index (χ2n) is 6.97. The van der Waals surface area contributed by atoms with Crippen molar-refractivity contribution in [3.63, 3.8) is 0 Å². The van der Waals surface area contributed by atoms with Crippen LogP contribution in [0.25, 0.3) is 17.8 Å². The lowest BCUT2D eigenvalue weighted by Crippen LogP contribution is -3.00. The van der Waals surface area contributed by atoms with Crippen LogP contribution in [0.4, 0.5) is 0 Å². The van der Waals surface area contributed by atoms with Crippen molar-refractivity contribution in [3.05, 3.63) is 77.9 Å². The first kappa shape index (κ1) is 20.4. The predicted molar refractivity (Wildman–Crippen MR) is 110 cm³/mol. The third-order valence-corrected chi connectivity index (χ3v) is 5.12. The zero-order valence-electron chi connectivity index (χ0n) is 16.4. The minimum absolute atomic E-state index is 0. The molecule has 0 spiro atoms. The second-order valence-corrected chi connectivity index (χ2v) is 6.97. The van der Waals surface area contributed by atoms with Crippen LogP contribution in [0.3, 0.4) is 0 Å². The lowest BCUT2D eigenvalue weighted by atomic mass is 10.2. The first-order chi connectivity index (χ1) is 13.3. The van der Waals surface area contributed by atoms with Crippen LogP contribution in [0.1, 0.15) is 43.3 Å². The summed E-state index contributed by atoms with van der Waals surface area (Å²) in [6.07, 6.45) is 11.6. The van der Waals surface area contributed by atoms with Gasteiger partial charge in [0, 0.05) is 6.42 Å². The van der Waals surface area contributed by atoms with Crippen LogP contribution in [0, 0.1) is 0 Å². The van der Waals surface area contributed by atoms with Crippen molar-refractivity contribution in [2.24, 2.45) is 0 Å². The number of imidazole rings is 1. The van der Waals surface area contributed by atoms with E-state index < -0.39 is 0 Å². The van der Waals surface area contributed by atoms with Crippen LogP contribution in [-0.4, -0.2) is 11.2 Å². The molecule has 0 fully saturated rings. The molecule has 4 heteroatoms. The largest absolute Gasteiger partial charge is 1.00 e. The summed E-state index contributed by atoms with van der Waals surface area (Å²) in [4.78, 5) is 0. The Morgan fingerprint density at radius 1 is 0.964 bits per heavy atom. The average molecular weight is 439 g/mol. The van der Waals surface area contributed by atoms with E-state index in [1.54, 1.807) is 0 Å². The van der Waals surface area contributed by atoms with Gasteiger partial charge in [0.25, 0.3) is 5.82 Å². The molecule has 3 aromatic rings. The Morgan fingerprint density at radius 2 is 1.75 bits per heavy atom. The molecule has 0 N–H and O–H groups in total. The Labute approximate surface area is 178 Å². The molecule has 0 atom stereocenters. The number of benzene rings is 2. The second kappa shape index (κ2) is 9.74. The fourth-order valence-corrected chi connectivity index (χ4v) is 3.77. The van der Waals surface area contributed by atoms with Crippen molar-refractivity contribution in [1.29, 1.82) is 0 Å². The van der Waals surface area contributed by atoms with Crippen molar-refractivity contribution in [1.82, 2.24) is 4.57 Å². The first-order valence-electron chi connectivity index (χ1n) is 9.95. The maximum atomic E-state index is 5.60. The monoisotopic (exact) mass is 438 g/mol. The van der Waals surface area contributed by atoms with E-state index in [1.807, 2.05) is 6.92 Å². The number of ether oxygens (including phenoxy) is 1. The summed E-state index contributed by atoms with van der Waals surface area (Å²) in [5.74, 6) is 2.32. The fourth-order valence-electron chi connectivity index (χ4n) is 3.77. The summed E-state index contributed by atoms with van der Waals surface area (Å²) in [6, 6.07) is 18.9. The van der Waals surface area contributed by atoms with E-state index in [0.717, 1.165) is 18.7 Å². The molecule has 1 aromatic heterocycles. The lowest BCUT2D eigenvalue weighted by molar-refractivity contribution is -0.604. The van der Waals surface area contributed by atoms with Crippen molar-refractivity contribution >= 4 is 12.2 Å². The van der Waals surface area contributed by atoms with Crippen molar-refractivity contribution in [2.75, 3.05) is 6.61 Å². The van der Waals surface area contributed by atoms with Gasteiger partial charge in [-0.05, 0) is 62.1 Å². The normalized spacial score (nSPS) is 13.6. The van der Waals surface area contributed by atoms with Gasteiger partial charge in [-0.15, -0.1) is 0 Å². The molecule has 0 amide bonds. The summed E-state index contributed by atoms with van der Waals surface area (Å²) >= 11 is 0. The number of nitrogens with zero attached hydrogens (tertiary/aromatic N) is 2. The molecule has 2 aromatic carbocycles. The minimum Gasteiger partial charge on any atom is -1.00 e. The first-order valence-corrected chi connectivity index (χ1v) is 9.95. The highest BCUT2D eigenvalue weighted by atomic mass is 79.9. The average Bonchev–Trinajstić information content (AvgIpc) is 2.88. The van der Waals surface area contributed by atoms with E-state index in [-0.39, 0.29) is 17.0 Å². The quantitative estimate of drug-likeness (QED) is 0.557. The van der Waals surface area contributed by atoms with Gasteiger partial charge >= 0.3 is 0 Å². The molecule has 0 unspecified atom stereocenters. The fraction of sp³-hybridized carbons (Fsp3) is 0.292. The molecule has 0 saturated carbocycles. The van der Waals surface area contributed by atoms with Crippen LogP contribution in [-0.2, 0) is 13.0 Å². The molecule has 4 rings (SSSR count). The molecule has 0 saturated heterocycles. The Kier molecular flexibility index (Phi) is 7.10. The van der Waals surface area contributed by atoms with E-state index in [4.69, 9.17) is 4.74 Å². The third-order valence-electron chi connectivity index (χ3n) is 5.12. The highest BCUT2D eigenvalue weighted by Crippen LogP contribution is 2.20. The van der Waals surface area contributed by atoms with Gasteiger partial charge in [0.1, 0.15) is 17.6 Å². The molecule has 2 heterocycles. The Morgan fingerprint density at radius 3 is 2.50 bits per heavy atom. The molecule has 1 aliphatic heterocycles. The van der Waals surface area contributed by atoms with Crippen LogP contribution >= 0.6 is 0 Å². The molecule has 28 heavy (non-hydrogen) atoms. The number of rotatable bonds is 5. The van der Waals surface area contributed by atoms with Crippen LogP contribution in [0.15, 0.2) is 60.8 Å². The van der Waals surface area contributed by atoms with Gasteiger partial charge in [-0.3, -0.25) is 0 Å². The molecule has 0 radical (unpaired) electrons. The maximum Gasteiger partial charge on any atom is 0.262 e. The van der Waals surface area contributed by atoms with Gasteiger partial charge in [-0.25, -0.2) is 4.57 Å². The molecule has 0 bridgehead atoms. The van der Waals surface area contributed by atoms with Gasteiger partial charge in [-0.2, -0.15) is 4.57 Å². The molecular formula is C24H27BrN2O. The third kappa shape index (κ3) is 4.56. The Bertz CT molecular complexity index is 914. The van der Waals surface area contributed by atoms with Crippen molar-refractivity contribution in [3.8, 4) is 11.4 Å². The highest BCUT2D eigenvalue weighted by Gasteiger charge is 2.24. The van der Waals surface area contributed by atoms with E-state index in [0.29, 0.717) is 6.61 Å². The smallest absolute Gasteiger partial charge is 0.262 e. The van der Waals surface area contributed by atoms with E-state index in [2.05, 4.69) is 82.1 Å². The zero-order valence-corrected chi connectivity index (χ0v) is 17.9. The molecule has 3 nitrogen and oxygen atoms in total. The Hall–Kier alpha value is -2.33. The molecular weight excluding hydrogens is 412 g/mol. The van der Waals surface area contributed by atoms with Gasteiger partial charge < -0.3 is 21.7 Å². The lowest BCUT2D eigenvalue weighted by Gasteiger charge is -2.04.